The zero-order valence-corrected chi connectivity index (χ0v) is 24.8. The molecule has 2 atom stereocenters. The van der Waals surface area contributed by atoms with Crippen LogP contribution < -0.4 is 5.63 Å². The van der Waals surface area contributed by atoms with Gasteiger partial charge in [0.25, 0.3) is 0 Å². The van der Waals surface area contributed by atoms with Crippen LogP contribution in [0.15, 0.2) is 80.6 Å². The molecule has 0 unspecified atom stereocenters. The van der Waals surface area contributed by atoms with Gasteiger partial charge in [-0.2, -0.15) is 0 Å². The molecule has 2 fully saturated rings. The number of hydrogen-bond acceptors (Lipinski definition) is 5. The topological polar surface area (TPSA) is 83.9 Å². The number of carbonyl (C=O) groups is 1. The minimum absolute atomic E-state index is 0.0363. The first-order valence-corrected chi connectivity index (χ1v) is 15.5. The van der Waals surface area contributed by atoms with Gasteiger partial charge >= 0.3 is 5.63 Å². The van der Waals surface area contributed by atoms with E-state index in [2.05, 4.69) is 42.5 Å². The maximum Gasteiger partial charge on any atom is 0.339 e. The molecule has 1 saturated carbocycles. The van der Waals surface area contributed by atoms with Gasteiger partial charge in [-0.1, -0.05) is 67.4 Å². The molecule has 1 aliphatic heterocycles. The Kier molecular flexibility index (Phi) is 6.97. The van der Waals surface area contributed by atoms with Gasteiger partial charge < -0.3 is 18.8 Å². The number of nitrogens with zero attached hydrogens (tertiary/aromatic N) is 1. The lowest BCUT2D eigenvalue weighted by Gasteiger charge is -2.47. The van der Waals surface area contributed by atoms with Crippen LogP contribution in [0.5, 0.6) is 0 Å². The molecule has 6 nitrogen and oxygen atoms in total. The highest BCUT2D eigenvalue weighted by molar-refractivity contribution is 6.05. The summed E-state index contributed by atoms with van der Waals surface area (Å²) in [4.78, 5) is 28.3. The van der Waals surface area contributed by atoms with Gasteiger partial charge in [-0.05, 0) is 67.9 Å². The minimum atomic E-state index is -0.621. The second-order valence-electron chi connectivity index (χ2n) is 12.5. The fourth-order valence-electron chi connectivity index (χ4n) is 7.37. The second kappa shape index (κ2) is 10.8. The van der Waals surface area contributed by atoms with Gasteiger partial charge in [0.1, 0.15) is 11.2 Å². The van der Waals surface area contributed by atoms with Crippen LogP contribution in [0.1, 0.15) is 55.2 Å². The van der Waals surface area contributed by atoms with Gasteiger partial charge in [0.05, 0.1) is 11.9 Å². The Morgan fingerprint density at radius 3 is 2.47 bits per heavy atom. The van der Waals surface area contributed by atoms with Crippen molar-refractivity contribution < 1.29 is 18.7 Å². The van der Waals surface area contributed by atoms with Crippen LogP contribution in [-0.4, -0.2) is 34.6 Å². The lowest BCUT2D eigenvalue weighted by atomic mass is 9.71. The molecule has 0 spiro atoms. The Balaban J connectivity index is 1.17. The number of rotatable bonds is 5. The van der Waals surface area contributed by atoms with E-state index < -0.39 is 11.2 Å². The molecule has 7 rings (SSSR count). The fourth-order valence-corrected chi connectivity index (χ4v) is 7.37. The summed E-state index contributed by atoms with van der Waals surface area (Å²) in [5, 5.41) is 12.8. The number of fused-ring (bicyclic) bond motifs is 3. The van der Waals surface area contributed by atoms with E-state index in [1.807, 2.05) is 36.9 Å². The zero-order valence-electron chi connectivity index (χ0n) is 24.8. The Bertz CT molecular complexity index is 1880. The Hall–Kier alpha value is -4.16. The number of hydrogen-bond donors (Lipinski definition) is 1. The lowest BCUT2D eigenvalue weighted by molar-refractivity contribution is -0.143. The SMILES string of the molecule is Cc1c(CCC(=O)N2CC[C@]3(O)CCCC[C@@H]3C2)c(=O)oc2c(C)c3occ(-c4ccc(-c5ccccc5)cc4)c3cc12. The number of amides is 1. The van der Waals surface area contributed by atoms with E-state index in [9.17, 15) is 14.7 Å². The first-order valence-electron chi connectivity index (χ1n) is 15.5. The number of likely N-dealkylation sites (tertiary alicyclic amines) is 1. The van der Waals surface area contributed by atoms with Crippen LogP contribution in [0.2, 0.25) is 0 Å². The van der Waals surface area contributed by atoms with E-state index in [0.717, 1.165) is 64.3 Å². The maximum atomic E-state index is 13.2. The number of aryl methyl sites for hydroxylation is 2. The van der Waals surface area contributed by atoms with Crippen LogP contribution in [0.25, 0.3) is 44.2 Å². The van der Waals surface area contributed by atoms with Crippen molar-refractivity contribution in [3.05, 3.63) is 94.0 Å². The average molecular weight is 576 g/mol. The molecule has 1 saturated heterocycles. The highest BCUT2D eigenvalue weighted by Gasteiger charge is 2.43. The monoisotopic (exact) mass is 575 g/mol. The van der Waals surface area contributed by atoms with E-state index in [1.54, 1.807) is 6.26 Å². The summed E-state index contributed by atoms with van der Waals surface area (Å²) < 4.78 is 11.9. The van der Waals surface area contributed by atoms with E-state index >= 15 is 0 Å². The molecule has 3 heterocycles. The third kappa shape index (κ3) is 4.88. The molecule has 43 heavy (non-hydrogen) atoms. The van der Waals surface area contributed by atoms with Crippen molar-refractivity contribution in [2.45, 2.75) is 64.4 Å². The van der Waals surface area contributed by atoms with Gasteiger partial charge in [-0.3, -0.25) is 4.79 Å². The largest absolute Gasteiger partial charge is 0.463 e. The summed E-state index contributed by atoms with van der Waals surface area (Å²) in [5.41, 5.74) is 6.72. The molecule has 2 aliphatic rings. The molecule has 220 valence electrons. The first kappa shape index (κ1) is 27.7. The average Bonchev–Trinajstić information content (AvgIpc) is 3.46. The summed E-state index contributed by atoms with van der Waals surface area (Å²) >= 11 is 0. The number of aliphatic hydroxyl groups is 1. The Labute approximate surface area is 250 Å². The summed E-state index contributed by atoms with van der Waals surface area (Å²) in [7, 11) is 0. The maximum absolute atomic E-state index is 13.2. The number of carbonyl (C=O) groups excluding carboxylic acids is 1. The van der Waals surface area contributed by atoms with Crippen LogP contribution in [0.4, 0.5) is 0 Å². The van der Waals surface area contributed by atoms with Crippen molar-refractivity contribution in [1.29, 1.82) is 0 Å². The molecule has 6 heteroatoms. The van der Waals surface area contributed by atoms with Crippen molar-refractivity contribution in [1.82, 2.24) is 4.90 Å². The van der Waals surface area contributed by atoms with Crippen LogP contribution in [0.3, 0.4) is 0 Å². The summed E-state index contributed by atoms with van der Waals surface area (Å²) in [6.07, 6.45) is 6.94. The molecule has 3 aromatic carbocycles. The van der Waals surface area contributed by atoms with Gasteiger partial charge in [0, 0.05) is 52.9 Å². The number of benzene rings is 3. The van der Waals surface area contributed by atoms with Gasteiger partial charge in [-0.25, -0.2) is 4.79 Å². The minimum Gasteiger partial charge on any atom is -0.463 e. The van der Waals surface area contributed by atoms with Crippen molar-refractivity contribution in [3.8, 4) is 22.3 Å². The molecular formula is C37H37NO5. The van der Waals surface area contributed by atoms with E-state index in [1.165, 1.54) is 5.56 Å². The molecule has 1 N–H and O–H groups in total. The molecule has 0 bridgehead atoms. The Morgan fingerprint density at radius 2 is 1.67 bits per heavy atom. The van der Waals surface area contributed by atoms with E-state index in [-0.39, 0.29) is 18.2 Å². The smallest absolute Gasteiger partial charge is 0.339 e. The molecule has 0 radical (unpaired) electrons. The van der Waals surface area contributed by atoms with Crippen molar-refractivity contribution in [2.75, 3.05) is 13.1 Å². The van der Waals surface area contributed by atoms with Gasteiger partial charge in [0.15, 0.2) is 0 Å². The van der Waals surface area contributed by atoms with E-state index in [0.29, 0.717) is 42.7 Å². The lowest BCUT2D eigenvalue weighted by Crippen LogP contribution is -2.54. The molecular weight excluding hydrogens is 538 g/mol. The quantitative estimate of drug-likeness (QED) is 0.219. The highest BCUT2D eigenvalue weighted by Crippen LogP contribution is 2.40. The van der Waals surface area contributed by atoms with Crippen LogP contribution in [0, 0.1) is 19.8 Å². The first-order chi connectivity index (χ1) is 20.8. The van der Waals surface area contributed by atoms with Crippen LogP contribution in [-0.2, 0) is 11.2 Å². The summed E-state index contributed by atoms with van der Waals surface area (Å²) in [5.74, 6) is 0.185. The zero-order chi connectivity index (χ0) is 29.7. The van der Waals surface area contributed by atoms with Crippen molar-refractivity contribution in [3.63, 3.8) is 0 Å². The molecule has 5 aromatic rings. The van der Waals surface area contributed by atoms with Gasteiger partial charge in [-0.15, -0.1) is 0 Å². The predicted molar refractivity (Wildman–Crippen MR) is 169 cm³/mol. The number of piperidine rings is 1. The Morgan fingerprint density at radius 1 is 0.930 bits per heavy atom. The van der Waals surface area contributed by atoms with E-state index in [4.69, 9.17) is 8.83 Å². The normalized spacial score (nSPS) is 20.4. The second-order valence-corrected chi connectivity index (χ2v) is 12.5. The molecule has 1 aliphatic carbocycles. The van der Waals surface area contributed by atoms with Crippen molar-refractivity contribution >= 4 is 27.8 Å². The third-order valence-electron chi connectivity index (χ3n) is 10.0. The van der Waals surface area contributed by atoms with Crippen molar-refractivity contribution in [2.24, 2.45) is 5.92 Å². The molecule has 2 aromatic heterocycles. The fraction of sp³-hybridized carbons (Fsp3) is 0.351. The van der Waals surface area contributed by atoms with Gasteiger partial charge in [0.2, 0.25) is 5.91 Å². The third-order valence-corrected chi connectivity index (χ3v) is 10.0. The number of furan rings is 1. The summed E-state index contributed by atoms with van der Waals surface area (Å²) in [6, 6.07) is 20.8. The molecule has 1 amide bonds. The summed E-state index contributed by atoms with van der Waals surface area (Å²) in [6.45, 7) is 5.05. The predicted octanol–water partition coefficient (Wildman–Crippen LogP) is 7.58. The highest BCUT2D eigenvalue weighted by atomic mass is 16.4. The van der Waals surface area contributed by atoms with Crippen LogP contribution >= 0.6 is 0 Å². The standard InChI is InChI=1S/C37H37NO5/c1-23-29(15-16-33(39)38-19-18-37(41)17-7-6-10-28(37)21-38)36(40)43-35-24(2)34-31(20-30(23)35)32(22-42-34)27-13-11-26(12-14-27)25-8-4-3-5-9-25/h3-5,8-9,11-14,20,22,28,41H,6-7,10,15-19,21H2,1-2H3/t28-,37-/m1/s1.